The molecule has 1 fully saturated rings. The molecule has 0 spiro atoms. The third kappa shape index (κ3) is 3.26. The lowest BCUT2D eigenvalue weighted by Gasteiger charge is -2.38. The Bertz CT molecular complexity index is 499. The summed E-state index contributed by atoms with van der Waals surface area (Å²) in [5, 5.41) is 7.54. The summed E-state index contributed by atoms with van der Waals surface area (Å²) in [6.07, 6.45) is 4.78. The minimum Gasteiger partial charge on any atom is -0.382 e. The first-order valence-corrected chi connectivity index (χ1v) is 7.21. The molecular weight excluding hydrogens is 250 g/mol. The number of aryl methyl sites for hydroxylation is 1. The number of nitrogen functional groups attached to an aromatic ring is 1. The highest BCUT2D eigenvalue weighted by Crippen LogP contribution is 2.37. The van der Waals surface area contributed by atoms with Crippen LogP contribution in [0.15, 0.2) is 6.07 Å². The second kappa shape index (κ2) is 5.38. The van der Waals surface area contributed by atoms with Crippen molar-refractivity contribution in [3.8, 4) is 0 Å². The molecule has 0 unspecified atom stereocenters. The number of aromatic nitrogens is 2. The summed E-state index contributed by atoms with van der Waals surface area (Å²) in [6.45, 7) is 6.58. The highest BCUT2D eigenvalue weighted by Gasteiger charge is 2.29. The molecule has 1 aromatic heterocycles. The maximum Gasteiger partial charge on any atom is 0.226 e. The molecule has 20 heavy (non-hydrogen) atoms. The van der Waals surface area contributed by atoms with Crippen LogP contribution in [0.3, 0.4) is 0 Å². The van der Waals surface area contributed by atoms with E-state index in [9.17, 15) is 0 Å². The second-order valence-electron chi connectivity index (χ2n) is 6.61. The fraction of sp³-hybridized carbons (Fsp3) is 0.667. The zero-order chi connectivity index (χ0) is 14.9. The lowest BCUT2D eigenvalue weighted by molar-refractivity contribution is 0.222. The van der Waals surface area contributed by atoms with E-state index in [-0.39, 0.29) is 5.84 Å². The van der Waals surface area contributed by atoms with Gasteiger partial charge >= 0.3 is 0 Å². The summed E-state index contributed by atoms with van der Waals surface area (Å²) in [6, 6.07) is 2.23. The van der Waals surface area contributed by atoms with Gasteiger partial charge in [-0.05, 0) is 44.1 Å². The van der Waals surface area contributed by atoms with Crippen molar-refractivity contribution >= 4 is 11.8 Å². The van der Waals surface area contributed by atoms with E-state index in [4.69, 9.17) is 11.1 Å². The summed E-state index contributed by atoms with van der Waals surface area (Å²) in [5.41, 5.74) is 7.35. The average molecular weight is 275 g/mol. The third-order valence-corrected chi connectivity index (χ3v) is 4.29. The number of hydrogen-bond acceptors (Lipinski definition) is 4. The number of nitrogens with two attached hydrogens (primary N) is 1. The van der Waals surface area contributed by atoms with Crippen molar-refractivity contribution in [2.45, 2.75) is 52.5 Å². The van der Waals surface area contributed by atoms with Crippen LogP contribution in [0.5, 0.6) is 0 Å². The Morgan fingerprint density at radius 3 is 2.50 bits per heavy atom. The summed E-state index contributed by atoms with van der Waals surface area (Å²) in [5.74, 6) is 0.676. The van der Waals surface area contributed by atoms with E-state index in [1.807, 2.05) is 14.0 Å². The van der Waals surface area contributed by atoms with E-state index in [1.165, 1.54) is 12.8 Å². The maximum atomic E-state index is 7.54. The van der Waals surface area contributed by atoms with Crippen LogP contribution in [0.25, 0.3) is 0 Å². The monoisotopic (exact) mass is 275 g/mol. The van der Waals surface area contributed by atoms with Gasteiger partial charge < -0.3 is 10.6 Å². The van der Waals surface area contributed by atoms with E-state index in [2.05, 4.69) is 28.7 Å². The maximum absolute atomic E-state index is 7.54. The molecular formula is C15H25N5. The van der Waals surface area contributed by atoms with Crippen molar-refractivity contribution < 1.29 is 0 Å². The van der Waals surface area contributed by atoms with Gasteiger partial charge in [-0.1, -0.05) is 13.8 Å². The number of hydrogen-bond donors (Lipinski definition) is 2. The first-order valence-electron chi connectivity index (χ1n) is 7.21. The van der Waals surface area contributed by atoms with Gasteiger partial charge in [0.15, 0.2) is 0 Å². The molecule has 0 atom stereocenters. The van der Waals surface area contributed by atoms with Gasteiger partial charge in [-0.15, -0.1) is 0 Å². The number of anilines is 1. The first-order chi connectivity index (χ1) is 9.28. The number of rotatable bonds is 3. The first kappa shape index (κ1) is 14.8. The molecule has 1 aromatic rings. The predicted octanol–water partition coefficient (Wildman–Crippen LogP) is 2.47. The number of nitrogens with zero attached hydrogens (tertiary/aromatic N) is 3. The molecule has 0 aliphatic heterocycles. The van der Waals surface area contributed by atoms with Crippen molar-refractivity contribution in [1.29, 1.82) is 5.41 Å². The summed E-state index contributed by atoms with van der Waals surface area (Å²) < 4.78 is 0. The van der Waals surface area contributed by atoms with E-state index in [0.29, 0.717) is 23.1 Å². The van der Waals surface area contributed by atoms with E-state index in [0.717, 1.165) is 18.5 Å². The molecule has 0 radical (unpaired) electrons. The van der Waals surface area contributed by atoms with Crippen LogP contribution >= 0.6 is 0 Å². The Labute approximate surface area is 121 Å². The molecule has 5 heteroatoms. The fourth-order valence-corrected chi connectivity index (χ4v) is 2.78. The molecule has 5 nitrogen and oxygen atoms in total. The standard InChI is InChI=1S/C15H25N5/c1-10-9-12(13(16)17)19-14(18-10)20(4)11-5-7-15(2,3)8-6-11/h9,11H,5-8H2,1-4H3,(H3,16,17). The molecule has 3 N–H and O–H groups in total. The van der Waals surface area contributed by atoms with Crippen molar-refractivity contribution in [2.24, 2.45) is 11.1 Å². The zero-order valence-corrected chi connectivity index (χ0v) is 12.9. The predicted molar refractivity (Wildman–Crippen MR) is 82.2 cm³/mol. The molecule has 1 saturated carbocycles. The van der Waals surface area contributed by atoms with Gasteiger partial charge in [0, 0.05) is 18.8 Å². The zero-order valence-electron chi connectivity index (χ0n) is 12.9. The van der Waals surface area contributed by atoms with Crippen LogP contribution in [0.2, 0.25) is 0 Å². The molecule has 0 saturated heterocycles. The SMILES string of the molecule is Cc1cc(C(=N)N)nc(N(C)C2CCC(C)(C)CC2)n1. The van der Waals surface area contributed by atoms with Crippen molar-refractivity contribution in [3.63, 3.8) is 0 Å². The number of nitrogens with one attached hydrogen (secondary N) is 1. The average Bonchev–Trinajstić information content (AvgIpc) is 2.37. The van der Waals surface area contributed by atoms with Crippen LogP contribution in [-0.4, -0.2) is 28.9 Å². The minimum atomic E-state index is -0.00470. The van der Waals surface area contributed by atoms with Crippen LogP contribution in [0.4, 0.5) is 5.95 Å². The van der Waals surface area contributed by atoms with Gasteiger partial charge in [0.05, 0.1) is 0 Å². The normalized spacial score (nSPS) is 18.8. The largest absolute Gasteiger partial charge is 0.382 e. The molecule has 0 aromatic carbocycles. The summed E-state index contributed by atoms with van der Waals surface area (Å²) >= 11 is 0. The highest BCUT2D eigenvalue weighted by atomic mass is 15.3. The van der Waals surface area contributed by atoms with Crippen molar-refractivity contribution in [3.05, 3.63) is 17.5 Å². The summed E-state index contributed by atoms with van der Waals surface area (Å²) in [7, 11) is 2.04. The van der Waals surface area contributed by atoms with Crippen molar-refractivity contribution in [2.75, 3.05) is 11.9 Å². The van der Waals surface area contributed by atoms with Crippen LogP contribution in [0.1, 0.15) is 50.9 Å². The molecule has 1 heterocycles. The van der Waals surface area contributed by atoms with Gasteiger partial charge in [0.1, 0.15) is 11.5 Å². The van der Waals surface area contributed by atoms with Crippen LogP contribution < -0.4 is 10.6 Å². The Kier molecular flexibility index (Phi) is 3.97. The van der Waals surface area contributed by atoms with Gasteiger partial charge in [-0.2, -0.15) is 0 Å². The molecule has 2 rings (SSSR count). The Balaban J connectivity index is 2.17. The van der Waals surface area contributed by atoms with E-state index >= 15 is 0 Å². The third-order valence-electron chi connectivity index (χ3n) is 4.29. The lowest BCUT2D eigenvalue weighted by Crippen LogP contribution is -2.38. The Morgan fingerprint density at radius 1 is 1.35 bits per heavy atom. The topological polar surface area (TPSA) is 78.9 Å². The molecule has 0 bridgehead atoms. The molecule has 1 aliphatic rings. The van der Waals surface area contributed by atoms with E-state index < -0.39 is 0 Å². The van der Waals surface area contributed by atoms with Gasteiger partial charge in [-0.3, -0.25) is 5.41 Å². The Hall–Kier alpha value is -1.65. The van der Waals surface area contributed by atoms with Gasteiger partial charge in [0.2, 0.25) is 5.95 Å². The highest BCUT2D eigenvalue weighted by molar-refractivity contribution is 5.93. The smallest absolute Gasteiger partial charge is 0.226 e. The molecule has 1 aliphatic carbocycles. The molecule has 0 amide bonds. The molecule has 110 valence electrons. The number of amidine groups is 1. The quantitative estimate of drug-likeness (QED) is 0.656. The van der Waals surface area contributed by atoms with Gasteiger partial charge in [-0.25, -0.2) is 9.97 Å². The van der Waals surface area contributed by atoms with E-state index in [1.54, 1.807) is 6.07 Å². The Morgan fingerprint density at radius 2 is 1.95 bits per heavy atom. The van der Waals surface area contributed by atoms with Crippen molar-refractivity contribution in [1.82, 2.24) is 9.97 Å². The van der Waals surface area contributed by atoms with Crippen LogP contribution in [0, 0.1) is 17.7 Å². The summed E-state index contributed by atoms with van der Waals surface area (Å²) in [4.78, 5) is 11.0. The second-order valence-corrected chi connectivity index (χ2v) is 6.61. The van der Waals surface area contributed by atoms with Gasteiger partial charge in [0.25, 0.3) is 0 Å². The lowest BCUT2D eigenvalue weighted by atomic mass is 9.75. The minimum absolute atomic E-state index is 0.00470. The van der Waals surface area contributed by atoms with Crippen LogP contribution in [-0.2, 0) is 0 Å². The fourth-order valence-electron chi connectivity index (χ4n) is 2.78.